The van der Waals surface area contributed by atoms with Gasteiger partial charge in [0.1, 0.15) is 5.82 Å². The molecule has 0 spiro atoms. The molecular formula is C22H16FN2O2S. The molecule has 0 amide bonds. The predicted octanol–water partition coefficient (Wildman–Crippen LogP) is 4.78. The van der Waals surface area contributed by atoms with E-state index in [1.165, 1.54) is 18.3 Å². The van der Waals surface area contributed by atoms with Crippen molar-refractivity contribution in [1.82, 2.24) is 8.96 Å². The minimum absolute atomic E-state index is 0.0991. The molecule has 4 rings (SSSR count). The maximum Gasteiger partial charge on any atom is 0.268 e. The van der Waals surface area contributed by atoms with Crippen LogP contribution >= 0.6 is 0 Å². The first-order valence-electron chi connectivity index (χ1n) is 8.52. The maximum absolute atomic E-state index is 14.3. The van der Waals surface area contributed by atoms with E-state index < -0.39 is 15.8 Å². The highest BCUT2D eigenvalue weighted by Crippen LogP contribution is 2.30. The number of halogens is 1. The molecule has 1 radical (unpaired) electrons. The first-order chi connectivity index (χ1) is 13.5. The average Bonchev–Trinajstić information content (AvgIpc) is 3.11. The van der Waals surface area contributed by atoms with Gasteiger partial charge in [-0.05, 0) is 54.4 Å². The number of benzene rings is 2. The third-order valence-corrected chi connectivity index (χ3v) is 6.05. The van der Waals surface area contributed by atoms with Crippen LogP contribution in [0.5, 0.6) is 0 Å². The van der Waals surface area contributed by atoms with Crippen LogP contribution in [0.1, 0.15) is 5.56 Å². The second-order valence-electron chi connectivity index (χ2n) is 6.28. The summed E-state index contributed by atoms with van der Waals surface area (Å²) in [7, 11) is -3.95. The van der Waals surface area contributed by atoms with Crippen molar-refractivity contribution in [3.63, 3.8) is 0 Å². The zero-order valence-corrected chi connectivity index (χ0v) is 15.6. The van der Waals surface area contributed by atoms with E-state index in [0.717, 1.165) is 15.1 Å². The lowest BCUT2D eigenvalue weighted by Gasteiger charge is -2.12. The topological polar surface area (TPSA) is 52.0 Å². The number of hydrogen-bond donors (Lipinski definition) is 0. The first kappa shape index (κ1) is 18.1. The lowest BCUT2D eigenvalue weighted by atomic mass is 10.1. The zero-order chi connectivity index (χ0) is 19.7. The summed E-state index contributed by atoms with van der Waals surface area (Å²) in [4.78, 5) is 4.17. The molecular weight excluding hydrogens is 375 g/mol. The van der Waals surface area contributed by atoms with E-state index in [1.807, 2.05) is 12.1 Å². The Bertz CT molecular complexity index is 1250. The molecule has 2 heterocycles. The normalized spacial score (nSPS) is 11.5. The Morgan fingerprint density at radius 2 is 1.71 bits per heavy atom. The fourth-order valence-electron chi connectivity index (χ4n) is 3.04. The summed E-state index contributed by atoms with van der Waals surface area (Å²) in [5, 5.41) is 0. The van der Waals surface area contributed by atoms with Gasteiger partial charge < -0.3 is 0 Å². The second kappa shape index (κ2) is 7.05. The largest absolute Gasteiger partial charge is 0.268 e. The molecule has 6 heteroatoms. The van der Waals surface area contributed by atoms with Crippen molar-refractivity contribution in [2.24, 2.45) is 0 Å². The van der Waals surface area contributed by atoms with Crippen LogP contribution in [0.25, 0.3) is 22.4 Å². The smallest absolute Gasteiger partial charge is 0.264 e. The highest BCUT2D eigenvalue weighted by molar-refractivity contribution is 7.90. The van der Waals surface area contributed by atoms with Crippen molar-refractivity contribution in [2.75, 3.05) is 0 Å². The number of rotatable bonds is 4. The van der Waals surface area contributed by atoms with Crippen molar-refractivity contribution < 1.29 is 12.8 Å². The monoisotopic (exact) mass is 391 g/mol. The fraction of sp³-hybridized carbons (Fsp3) is 0. The van der Waals surface area contributed by atoms with Crippen molar-refractivity contribution >= 4 is 10.0 Å². The molecule has 0 aliphatic carbocycles. The van der Waals surface area contributed by atoms with E-state index in [1.54, 1.807) is 54.9 Å². The molecule has 0 saturated carbocycles. The van der Waals surface area contributed by atoms with E-state index >= 15 is 0 Å². The van der Waals surface area contributed by atoms with Crippen LogP contribution in [0.3, 0.4) is 0 Å². The Morgan fingerprint density at radius 1 is 0.929 bits per heavy atom. The first-order valence-corrected chi connectivity index (χ1v) is 9.96. The predicted molar refractivity (Wildman–Crippen MR) is 107 cm³/mol. The van der Waals surface area contributed by atoms with E-state index in [-0.39, 0.29) is 16.2 Å². The Balaban J connectivity index is 1.86. The summed E-state index contributed by atoms with van der Waals surface area (Å²) in [6.07, 6.45) is 4.72. The molecule has 0 unspecified atom stereocenters. The quantitative estimate of drug-likeness (QED) is 0.503. The number of nitrogens with zero attached hydrogens (tertiary/aromatic N) is 2. The zero-order valence-electron chi connectivity index (χ0n) is 14.8. The number of aromatic nitrogens is 2. The van der Waals surface area contributed by atoms with Gasteiger partial charge >= 0.3 is 0 Å². The van der Waals surface area contributed by atoms with Gasteiger partial charge in [-0.1, -0.05) is 30.3 Å². The van der Waals surface area contributed by atoms with Crippen molar-refractivity contribution in [1.29, 1.82) is 0 Å². The Morgan fingerprint density at radius 3 is 2.46 bits per heavy atom. The van der Waals surface area contributed by atoms with Gasteiger partial charge in [-0.25, -0.2) is 16.8 Å². The molecule has 0 aliphatic rings. The van der Waals surface area contributed by atoms with Crippen LogP contribution in [0.2, 0.25) is 0 Å². The minimum Gasteiger partial charge on any atom is -0.264 e. The summed E-state index contributed by atoms with van der Waals surface area (Å²) in [5.74, 6) is -0.499. The van der Waals surface area contributed by atoms with Crippen molar-refractivity contribution in [3.8, 4) is 22.4 Å². The molecule has 4 nitrogen and oxygen atoms in total. The highest BCUT2D eigenvalue weighted by atomic mass is 32.2. The van der Waals surface area contributed by atoms with Gasteiger partial charge in [-0.3, -0.25) is 4.98 Å². The van der Waals surface area contributed by atoms with Gasteiger partial charge in [0.2, 0.25) is 0 Å². The molecule has 0 atom stereocenters. The van der Waals surface area contributed by atoms with Crippen LogP contribution in [0.4, 0.5) is 4.39 Å². The molecule has 4 aromatic rings. The molecule has 0 bridgehead atoms. The molecule has 0 aliphatic heterocycles. The van der Waals surface area contributed by atoms with Crippen molar-refractivity contribution in [2.45, 2.75) is 4.90 Å². The third-order valence-electron chi connectivity index (χ3n) is 4.38. The summed E-state index contributed by atoms with van der Waals surface area (Å²) in [6, 6.07) is 17.8. The van der Waals surface area contributed by atoms with E-state index in [2.05, 4.69) is 11.9 Å². The number of hydrogen-bond acceptors (Lipinski definition) is 3. The average molecular weight is 391 g/mol. The van der Waals surface area contributed by atoms with Gasteiger partial charge in [0.05, 0.1) is 10.6 Å². The molecule has 0 N–H and O–H groups in total. The standard InChI is InChI=1S/C22H16FN2O2S/c1-16-12-22(20-9-2-3-10-21(20)23)25(15-16)28(26,27)19-8-4-6-17(13-19)18-7-5-11-24-14-18/h2-15H,1H2. The van der Waals surface area contributed by atoms with E-state index in [4.69, 9.17) is 0 Å². The SMILES string of the molecule is [CH2]c1cc(-c2ccccc2F)n(S(=O)(=O)c2cccc(-c3cccnc3)c2)c1. The van der Waals surface area contributed by atoms with Crippen LogP contribution < -0.4 is 0 Å². The molecule has 2 aromatic heterocycles. The minimum atomic E-state index is -3.95. The lowest BCUT2D eigenvalue weighted by Crippen LogP contribution is -2.13. The molecule has 0 saturated heterocycles. The number of pyridine rings is 1. The van der Waals surface area contributed by atoms with Gasteiger partial charge in [0, 0.05) is 29.7 Å². The highest BCUT2D eigenvalue weighted by Gasteiger charge is 2.23. The molecule has 0 fully saturated rings. The Labute approximate surface area is 163 Å². The van der Waals surface area contributed by atoms with Crippen molar-refractivity contribution in [3.05, 3.63) is 104 Å². The van der Waals surface area contributed by atoms with Gasteiger partial charge in [0.25, 0.3) is 10.0 Å². The maximum atomic E-state index is 14.3. The van der Waals surface area contributed by atoms with Gasteiger partial charge in [0.15, 0.2) is 0 Å². The summed E-state index contributed by atoms with van der Waals surface area (Å²) < 4.78 is 42.1. The Kier molecular flexibility index (Phi) is 4.57. The summed E-state index contributed by atoms with van der Waals surface area (Å²) >= 11 is 0. The van der Waals surface area contributed by atoms with Crippen LogP contribution in [-0.2, 0) is 10.0 Å². The van der Waals surface area contributed by atoms with Gasteiger partial charge in [-0.2, -0.15) is 0 Å². The van der Waals surface area contributed by atoms with Crippen LogP contribution in [-0.4, -0.2) is 17.4 Å². The fourth-order valence-corrected chi connectivity index (χ4v) is 4.48. The summed E-state index contributed by atoms with van der Waals surface area (Å²) in [5.41, 5.74) is 2.44. The second-order valence-corrected chi connectivity index (χ2v) is 8.10. The van der Waals surface area contributed by atoms with Gasteiger partial charge in [-0.15, -0.1) is 0 Å². The summed E-state index contributed by atoms with van der Waals surface area (Å²) in [6.45, 7) is 3.81. The Hall–Kier alpha value is -3.25. The molecule has 139 valence electrons. The van der Waals surface area contributed by atoms with Crippen LogP contribution in [0, 0.1) is 12.7 Å². The third kappa shape index (κ3) is 3.23. The van der Waals surface area contributed by atoms with E-state index in [0.29, 0.717) is 5.56 Å². The lowest BCUT2D eigenvalue weighted by molar-refractivity contribution is 0.587. The molecule has 28 heavy (non-hydrogen) atoms. The molecule has 2 aromatic carbocycles. The van der Waals surface area contributed by atoms with E-state index in [9.17, 15) is 12.8 Å². The van der Waals surface area contributed by atoms with Crippen LogP contribution in [0.15, 0.2) is 90.2 Å².